The van der Waals surface area contributed by atoms with Gasteiger partial charge in [-0.2, -0.15) is 0 Å². The third-order valence-electron chi connectivity index (χ3n) is 13.2. The van der Waals surface area contributed by atoms with Gasteiger partial charge in [-0.1, -0.05) is 169 Å². The van der Waals surface area contributed by atoms with E-state index in [1.807, 2.05) is 0 Å². The van der Waals surface area contributed by atoms with Gasteiger partial charge < -0.3 is 24.2 Å². The molecule has 8 heteroatoms. The Morgan fingerprint density at radius 1 is 0.483 bits per heavy atom. The lowest BCUT2D eigenvalue weighted by atomic mass is 9.85. The summed E-state index contributed by atoms with van der Waals surface area (Å²) in [6.45, 7) is 12.2. The molecule has 0 aromatic heterocycles. The van der Waals surface area contributed by atoms with E-state index in [0.717, 1.165) is 154 Å². The van der Waals surface area contributed by atoms with Crippen LogP contribution in [-0.4, -0.2) is 73.5 Å². The van der Waals surface area contributed by atoms with Gasteiger partial charge in [0.25, 0.3) is 0 Å². The molecule has 1 aliphatic heterocycles. The number of ether oxygens (including phenoxy) is 3. The Morgan fingerprint density at radius 2 is 0.800 bits per heavy atom. The highest BCUT2D eigenvalue weighted by Crippen LogP contribution is 2.29. The average Bonchev–Trinajstić information content (AvgIpc) is 3.24. The predicted molar refractivity (Wildman–Crippen MR) is 250 cm³/mol. The topological polar surface area (TPSA) is 102 Å². The van der Waals surface area contributed by atoms with E-state index in [1.165, 1.54) is 77.0 Å². The quantitative estimate of drug-likeness (QED) is 0.0368. The molecule has 1 saturated heterocycles. The molecule has 2 unspecified atom stereocenters. The first-order valence-corrected chi connectivity index (χ1v) is 26.1. The molecule has 0 spiro atoms. The zero-order chi connectivity index (χ0) is 43.9. The number of nitrogens with zero attached hydrogens (tertiary/aromatic N) is 1. The van der Waals surface area contributed by atoms with Crippen molar-refractivity contribution >= 4 is 17.9 Å². The van der Waals surface area contributed by atoms with Gasteiger partial charge in [0.15, 0.2) is 0 Å². The minimum Gasteiger partial charge on any atom is -0.465 e. The van der Waals surface area contributed by atoms with Crippen molar-refractivity contribution in [1.82, 2.24) is 4.90 Å². The molecule has 0 aromatic carbocycles. The third-order valence-corrected chi connectivity index (χ3v) is 13.2. The summed E-state index contributed by atoms with van der Waals surface area (Å²) in [5, 5.41) is 11.9. The van der Waals surface area contributed by atoms with Gasteiger partial charge in [-0.05, 0) is 104 Å². The van der Waals surface area contributed by atoms with Crippen molar-refractivity contribution in [3.63, 3.8) is 0 Å². The lowest BCUT2D eigenvalue weighted by Gasteiger charge is -2.29. The Labute approximate surface area is 371 Å². The van der Waals surface area contributed by atoms with Crippen LogP contribution in [0.25, 0.3) is 0 Å². The molecule has 1 aliphatic rings. The molecule has 2 atom stereocenters. The summed E-state index contributed by atoms with van der Waals surface area (Å²) in [6, 6.07) is 0. The van der Waals surface area contributed by atoms with Crippen LogP contribution in [0, 0.1) is 17.8 Å². The second-order valence-corrected chi connectivity index (χ2v) is 18.9. The van der Waals surface area contributed by atoms with Gasteiger partial charge in [0.1, 0.15) is 0 Å². The summed E-state index contributed by atoms with van der Waals surface area (Å²) in [5.41, 5.74) is -0.734. The zero-order valence-corrected chi connectivity index (χ0v) is 40.4. The van der Waals surface area contributed by atoms with Crippen molar-refractivity contribution in [2.45, 2.75) is 258 Å². The maximum atomic E-state index is 13.0. The smallest absolute Gasteiger partial charge is 0.309 e. The third kappa shape index (κ3) is 30.4. The number of esters is 3. The van der Waals surface area contributed by atoms with Crippen LogP contribution in [0.5, 0.6) is 0 Å². The van der Waals surface area contributed by atoms with Crippen LogP contribution in [0.15, 0.2) is 0 Å². The van der Waals surface area contributed by atoms with Gasteiger partial charge in [-0.25, -0.2) is 0 Å². The standard InChI is InChI=1S/C52H99NO7/c1-6-10-14-16-24-34-46(32-22-12-8-3)49(54)58-43-29-20-18-26-38-52(57,40-28-31-45-60-51(56)48-36-41-53(5)42-37-48)39-27-19-21-30-44-59-50(55)47(33-23-13-9-4)35-25-17-15-11-7-2/h46-48,57H,6-45H2,1-5H3. The first-order valence-electron chi connectivity index (χ1n) is 26.1. The number of likely N-dealkylation sites (tertiary alicyclic amines) is 1. The van der Waals surface area contributed by atoms with Gasteiger partial charge in [0.2, 0.25) is 0 Å². The summed E-state index contributed by atoms with van der Waals surface area (Å²) in [7, 11) is 2.10. The van der Waals surface area contributed by atoms with Crippen molar-refractivity contribution in [3.05, 3.63) is 0 Å². The van der Waals surface area contributed by atoms with Crippen LogP contribution in [-0.2, 0) is 28.6 Å². The van der Waals surface area contributed by atoms with E-state index in [4.69, 9.17) is 14.2 Å². The first-order chi connectivity index (χ1) is 29.2. The molecular formula is C52H99NO7. The number of hydrogen-bond donors (Lipinski definition) is 1. The molecule has 1 rings (SSSR count). The molecule has 1 heterocycles. The number of unbranched alkanes of at least 4 members (excludes halogenated alkanes) is 19. The van der Waals surface area contributed by atoms with E-state index in [1.54, 1.807) is 0 Å². The number of carbonyl (C=O) groups excluding carboxylic acids is 3. The number of hydrogen-bond acceptors (Lipinski definition) is 8. The van der Waals surface area contributed by atoms with E-state index in [0.29, 0.717) is 26.2 Å². The van der Waals surface area contributed by atoms with E-state index in [2.05, 4.69) is 39.6 Å². The number of carbonyl (C=O) groups is 3. The molecular weight excluding hydrogens is 751 g/mol. The molecule has 1 N–H and O–H groups in total. The van der Waals surface area contributed by atoms with Gasteiger partial charge in [-0.15, -0.1) is 0 Å². The highest BCUT2D eigenvalue weighted by atomic mass is 16.5. The Kier molecular flexibility index (Phi) is 36.6. The number of rotatable bonds is 42. The SMILES string of the molecule is CCCCCCCC(CCCCC)C(=O)OCCCCCCC(O)(CCCCCCOC(=O)C(CCCCC)CCCCCCC)CCCCOC(=O)C1CCN(C)CC1. The van der Waals surface area contributed by atoms with Crippen LogP contribution in [0.2, 0.25) is 0 Å². The molecule has 0 radical (unpaired) electrons. The fourth-order valence-corrected chi connectivity index (χ4v) is 8.90. The van der Waals surface area contributed by atoms with Crippen molar-refractivity contribution in [3.8, 4) is 0 Å². The van der Waals surface area contributed by atoms with E-state index in [9.17, 15) is 19.5 Å². The van der Waals surface area contributed by atoms with Gasteiger partial charge >= 0.3 is 17.9 Å². The lowest BCUT2D eigenvalue weighted by Crippen LogP contribution is -2.34. The maximum absolute atomic E-state index is 13.0. The van der Waals surface area contributed by atoms with Crippen molar-refractivity contribution in [2.24, 2.45) is 17.8 Å². The van der Waals surface area contributed by atoms with Crippen molar-refractivity contribution in [2.75, 3.05) is 40.0 Å². The summed E-state index contributed by atoms with van der Waals surface area (Å²) >= 11 is 0. The predicted octanol–water partition coefficient (Wildman–Crippen LogP) is 13.9. The normalized spacial score (nSPS) is 15.7. The Morgan fingerprint density at radius 3 is 1.23 bits per heavy atom. The van der Waals surface area contributed by atoms with Crippen molar-refractivity contribution in [1.29, 1.82) is 0 Å². The Bertz CT molecular complexity index is 958. The Hall–Kier alpha value is -1.67. The monoisotopic (exact) mass is 850 g/mol. The van der Waals surface area contributed by atoms with Crippen LogP contribution in [0.1, 0.15) is 252 Å². The van der Waals surface area contributed by atoms with Crippen molar-refractivity contribution < 1.29 is 33.7 Å². The highest BCUT2D eigenvalue weighted by Gasteiger charge is 2.27. The Balaban J connectivity index is 2.52. The minimum atomic E-state index is -0.734. The minimum absolute atomic E-state index is 0.00549. The number of piperidine rings is 1. The maximum Gasteiger partial charge on any atom is 0.309 e. The second-order valence-electron chi connectivity index (χ2n) is 18.9. The zero-order valence-electron chi connectivity index (χ0n) is 40.4. The number of aliphatic hydroxyl groups is 1. The lowest BCUT2D eigenvalue weighted by molar-refractivity contribution is -0.150. The molecule has 0 amide bonds. The summed E-state index contributed by atoms with van der Waals surface area (Å²) in [6.07, 6.45) is 36.1. The van der Waals surface area contributed by atoms with Gasteiger partial charge in [0.05, 0.1) is 43.2 Å². The van der Waals surface area contributed by atoms with Gasteiger partial charge in [0, 0.05) is 0 Å². The summed E-state index contributed by atoms with van der Waals surface area (Å²) in [4.78, 5) is 40.9. The molecule has 0 bridgehead atoms. The van der Waals surface area contributed by atoms with Crippen LogP contribution < -0.4 is 0 Å². The molecule has 0 saturated carbocycles. The molecule has 0 aromatic rings. The first kappa shape index (κ1) is 56.3. The van der Waals surface area contributed by atoms with E-state index < -0.39 is 5.60 Å². The summed E-state index contributed by atoms with van der Waals surface area (Å²) < 4.78 is 17.3. The fraction of sp³-hybridized carbons (Fsp3) is 0.942. The highest BCUT2D eigenvalue weighted by molar-refractivity contribution is 5.73. The van der Waals surface area contributed by atoms with E-state index in [-0.39, 0.29) is 35.7 Å². The molecule has 354 valence electrons. The van der Waals surface area contributed by atoms with Gasteiger partial charge in [-0.3, -0.25) is 14.4 Å². The summed E-state index contributed by atoms with van der Waals surface area (Å²) in [5.74, 6) is 0.0628. The average molecular weight is 850 g/mol. The van der Waals surface area contributed by atoms with E-state index >= 15 is 0 Å². The van der Waals surface area contributed by atoms with Crippen LogP contribution >= 0.6 is 0 Å². The molecule has 8 nitrogen and oxygen atoms in total. The largest absolute Gasteiger partial charge is 0.465 e. The molecule has 1 fully saturated rings. The molecule has 60 heavy (non-hydrogen) atoms. The fourth-order valence-electron chi connectivity index (χ4n) is 8.90. The van der Waals surface area contributed by atoms with Crippen LogP contribution in [0.4, 0.5) is 0 Å². The molecule has 0 aliphatic carbocycles. The van der Waals surface area contributed by atoms with Crippen LogP contribution in [0.3, 0.4) is 0 Å². The second kappa shape index (κ2) is 39.0.